The van der Waals surface area contributed by atoms with Crippen molar-refractivity contribution in [3.8, 4) is 0 Å². The zero-order valence-electron chi connectivity index (χ0n) is 8.18. The second kappa shape index (κ2) is 5.18. The first-order chi connectivity index (χ1) is 7.75. The number of nitrogens with one attached hydrogen (secondary N) is 1. The molecule has 0 aromatic carbocycles. The monoisotopic (exact) mass is 297 g/mol. The van der Waals surface area contributed by atoms with Gasteiger partial charge in [-0.2, -0.15) is 0 Å². The third-order valence-corrected chi connectivity index (χ3v) is 2.97. The van der Waals surface area contributed by atoms with Crippen molar-refractivity contribution in [3.63, 3.8) is 0 Å². The number of thiazole rings is 1. The summed E-state index contributed by atoms with van der Waals surface area (Å²) in [5.74, 6) is -0.129. The van der Waals surface area contributed by atoms with E-state index in [0.717, 1.165) is 5.69 Å². The van der Waals surface area contributed by atoms with E-state index in [1.807, 2.05) is 5.38 Å². The molecule has 82 valence electrons. The molecule has 2 aromatic rings. The van der Waals surface area contributed by atoms with Crippen LogP contribution >= 0.6 is 27.3 Å². The Morgan fingerprint density at radius 1 is 1.50 bits per heavy atom. The maximum Gasteiger partial charge on any atom is 0.251 e. The van der Waals surface area contributed by atoms with Gasteiger partial charge in [-0.15, -0.1) is 11.3 Å². The summed E-state index contributed by atoms with van der Waals surface area (Å²) in [5, 5.41) is 4.69. The van der Waals surface area contributed by atoms with Crippen LogP contribution in [0.25, 0.3) is 0 Å². The number of carbonyl (C=O) groups excluding carboxylic acids is 1. The molecule has 0 radical (unpaired) electrons. The molecule has 16 heavy (non-hydrogen) atoms. The number of pyridine rings is 1. The van der Waals surface area contributed by atoms with Gasteiger partial charge in [-0.05, 0) is 28.1 Å². The lowest BCUT2D eigenvalue weighted by Crippen LogP contribution is -2.22. The van der Waals surface area contributed by atoms with Gasteiger partial charge in [0, 0.05) is 17.1 Å². The fourth-order valence-electron chi connectivity index (χ4n) is 1.14. The van der Waals surface area contributed by atoms with Crippen LogP contribution in [-0.2, 0) is 6.54 Å². The van der Waals surface area contributed by atoms with Crippen LogP contribution in [0.5, 0.6) is 0 Å². The van der Waals surface area contributed by atoms with Gasteiger partial charge in [-0.25, -0.2) is 9.97 Å². The summed E-state index contributed by atoms with van der Waals surface area (Å²) in [4.78, 5) is 19.7. The number of rotatable bonds is 3. The summed E-state index contributed by atoms with van der Waals surface area (Å²) in [6.45, 7) is 0.447. The molecule has 0 aliphatic heterocycles. The van der Waals surface area contributed by atoms with Gasteiger partial charge in [0.1, 0.15) is 4.60 Å². The quantitative estimate of drug-likeness (QED) is 0.884. The number of carbonyl (C=O) groups is 1. The highest BCUT2D eigenvalue weighted by Gasteiger charge is 2.06. The van der Waals surface area contributed by atoms with Gasteiger partial charge in [-0.1, -0.05) is 0 Å². The second-order valence-electron chi connectivity index (χ2n) is 3.03. The Bertz CT molecular complexity index is 487. The lowest BCUT2D eigenvalue weighted by Gasteiger charge is -2.03. The number of hydrogen-bond acceptors (Lipinski definition) is 4. The highest BCUT2D eigenvalue weighted by Crippen LogP contribution is 2.08. The summed E-state index contributed by atoms with van der Waals surface area (Å²) in [6.07, 6.45) is 1.59. The molecule has 0 aliphatic carbocycles. The maximum atomic E-state index is 11.7. The van der Waals surface area contributed by atoms with Crippen molar-refractivity contribution in [3.05, 3.63) is 45.1 Å². The van der Waals surface area contributed by atoms with Crippen LogP contribution in [0.15, 0.2) is 33.8 Å². The van der Waals surface area contributed by atoms with Crippen LogP contribution < -0.4 is 5.32 Å². The molecule has 0 unspecified atom stereocenters. The van der Waals surface area contributed by atoms with Gasteiger partial charge in [0.05, 0.1) is 17.7 Å². The molecule has 0 aliphatic rings. The minimum Gasteiger partial charge on any atom is -0.346 e. The van der Waals surface area contributed by atoms with E-state index in [4.69, 9.17) is 0 Å². The van der Waals surface area contributed by atoms with Crippen LogP contribution in [0.2, 0.25) is 0 Å². The minimum atomic E-state index is -0.129. The Hall–Kier alpha value is -1.27. The lowest BCUT2D eigenvalue weighted by molar-refractivity contribution is 0.0950. The summed E-state index contributed by atoms with van der Waals surface area (Å²) in [6, 6.07) is 3.34. The first-order valence-corrected chi connectivity index (χ1v) is 6.26. The number of amides is 1. The van der Waals surface area contributed by atoms with Gasteiger partial charge < -0.3 is 5.32 Å². The molecule has 0 saturated heterocycles. The van der Waals surface area contributed by atoms with E-state index < -0.39 is 0 Å². The molecule has 2 heterocycles. The molecular weight excluding hydrogens is 290 g/mol. The zero-order chi connectivity index (χ0) is 11.4. The number of aromatic nitrogens is 2. The Kier molecular flexibility index (Phi) is 3.63. The molecule has 1 amide bonds. The van der Waals surface area contributed by atoms with Crippen LogP contribution in [0, 0.1) is 0 Å². The van der Waals surface area contributed by atoms with Crippen LogP contribution in [-0.4, -0.2) is 15.9 Å². The predicted molar refractivity (Wildman–Crippen MR) is 65.2 cm³/mol. The Morgan fingerprint density at radius 2 is 2.38 bits per heavy atom. The Morgan fingerprint density at radius 3 is 3.06 bits per heavy atom. The third kappa shape index (κ3) is 2.86. The van der Waals surface area contributed by atoms with Crippen molar-refractivity contribution in [2.24, 2.45) is 0 Å². The minimum absolute atomic E-state index is 0.129. The Balaban J connectivity index is 1.98. The van der Waals surface area contributed by atoms with E-state index in [1.54, 1.807) is 23.8 Å². The first kappa shape index (κ1) is 11.2. The van der Waals surface area contributed by atoms with Crippen LogP contribution in [0.1, 0.15) is 16.1 Å². The van der Waals surface area contributed by atoms with E-state index in [0.29, 0.717) is 16.7 Å². The average Bonchev–Trinajstić information content (AvgIpc) is 2.78. The van der Waals surface area contributed by atoms with Crippen molar-refractivity contribution in [2.45, 2.75) is 6.54 Å². The van der Waals surface area contributed by atoms with Gasteiger partial charge in [0.2, 0.25) is 0 Å². The highest BCUT2D eigenvalue weighted by atomic mass is 79.9. The van der Waals surface area contributed by atoms with E-state index in [9.17, 15) is 4.79 Å². The van der Waals surface area contributed by atoms with Crippen LogP contribution in [0.3, 0.4) is 0 Å². The van der Waals surface area contributed by atoms with Crippen molar-refractivity contribution in [1.29, 1.82) is 0 Å². The van der Waals surface area contributed by atoms with Crippen molar-refractivity contribution in [1.82, 2.24) is 15.3 Å². The second-order valence-corrected chi connectivity index (χ2v) is 4.56. The maximum absolute atomic E-state index is 11.7. The molecule has 2 rings (SSSR count). The number of hydrogen-bond donors (Lipinski definition) is 1. The molecule has 4 nitrogen and oxygen atoms in total. The van der Waals surface area contributed by atoms with Crippen molar-refractivity contribution < 1.29 is 4.79 Å². The zero-order valence-corrected chi connectivity index (χ0v) is 10.6. The fourth-order valence-corrected chi connectivity index (χ4v) is 2.06. The highest BCUT2D eigenvalue weighted by molar-refractivity contribution is 9.10. The molecule has 6 heteroatoms. The topological polar surface area (TPSA) is 54.9 Å². The largest absolute Gasteiger partial charge is 0.346 e. The molecule has 0 atom stereocenters. The van der Waals surface area contributed by atoms with Crippen LogP contribution in [0.4, 0.5) is 0 Å². The van der Waals surface area contributed by atoms with Crippen molar-refractivity contribution in [2.75, 3.05) is 0 Å². The molecule has 0 bridgehead atoms. The summed E-state index contributed by atoms with van der Waals surface area (Å²) < 4.78 is 0.647. The van der Waals surface area contributed by atoms with Gasteiger partial charge in [0.15, 0.2) is 0 Å². The normalized spacial score (nSPS) is 10.1. The molecule has 2 aromatic heterocycles. The average molecular weight is 298 g/mol. The molecule has 0 spiro atoms. The lowest BCUT2D eigenvalue weighted by atomic mass is 10.2. The summed E-state index contributed by atoms with van der Waals surface area (Å²) in [5.41, 5.74) is 3.19. The molecule has 1 N–H and O–H groups in total. The molecule has 0 saturated carbocycles. The summed E-state index contributed by atoms with van der Waals surface area (Å²) >= 11 is 4.73. The first-order valence-electron chi connectivity index (χ1n) is 4.52. The third-order valence-electron chi connectivity index (χ3n) is 1.90. The molecular formula is C10H8BrN3OS. The van der Waals surface area contributed by atoms with E-state index in [1.165, 1.54) is 11.3 Å². The van der Waals surface area contributed by atoms with Gasteiger partial charge >= 0.3 is 0 Å². The van der Waals surface area contributed by atoms with Gasteiger partial charge in [0.25, 0.3) is 5.91 Å². The fraction of sp³-hybridized carbons (Fsp3) is 0.100. The number of halogens is 1. The van der Waals surface area contributed by atoms with E-state index in [2.05, 4.69) is 31.2 Å². The Labute approximate surface area is 105 Å². The SMILES string of the molecule is O=C(NCc1cscn1)c1ccnc(Br)c1. The van der Waals surface area contributed by atoms with Crippen molar-refractivity contribution >= 4 is 33.2 Å². The molecule has 0 fully saturated rings. The summed E-state index contributed by atoms with van der Waals surface area (Å²) in [7, 11) is 0. The van der Waals surface area contributed by atoms with E-state index in [-0.39, 0.29) is 5.91 Å². The number of nitrogens with zero attached hydrogens (tertiary/aromatic N) is 2. The van der Waals surface area contributed by atoms with E-state index >= 15 is 0 Å². The standard InChI is InChI=1S/C10H8BrN3OS/c11-9-3-7(1-2-12-9)10(15)13-4-8-5-16-6-14-8/h1-3,5-6H,4H2,(H,13,15). The van der Waals surface area contributed by atoms with Gasteiger partial charge in [-0.3, -0.25) is 4.79 Å². The smallest absolute Gasteiger partial charge is 0.251 e. The predicted octanol–water partition coefficient (Wildman–Crippen LogP) is 2.23.